The zero-order valence-corrected chi connectivity index (χ0v) is 18.6. The Morgan fingerprint density at radius 1 is 0.735 bits per heavy atom. The van der Waals surface area contributed by atoms with Gasteiger partial charge in [0.05, 0.1) is 11.1 Å². The number of fused-ring (bicyclic) bond motifs is 2. The number of ketones is 1. The maximum absolute atomic E-state index is 12.9. The summed E-state index contributed by atoms with van der Waals surface area (Å²) in [5.41, 5.74) is -0.453. The van der Waals surface area contributed by atoms with Crippen LogP contribution in [0.15, 0.2) is 60.7 Å². The number of carboxylic acid groups (broad SMARTS) is 2. The van der Waals surface area contributed by atoms with Crippen LogP contribution in [-0.2, 0) is 11.2 Å². The fourth-order valence-electron chi connectivity index (χ4n) is 3.65. The average Bonchev–Trinajstić information content (AvgIpc) is 2.81. The van der Waals surface area contributed by atoms with Gasteiger partial charge in [-0.3, -0.25) is 0 Å². The van der Waals surface area contributed by atoms with E-state index in [-0.39, 0.29) is 34.5 Å². The van der Waals surface area contributed by atoms with Gasteiger partial charge in [-0.2, -0.15) is 0 Å². The molecule has 4 aromatic carbocycles. The molecule has 0 saturated heterocycles. The van der Waals surface area contributed by atoms with Gasteiger partial charge in [-0.1, -0.05) is 67.0 Å². The van der Waals surface area contributed by atoms with Gasteiger partial charge in [0.1, 0.15) is 5.78 Å². The maximum atomic E-state index is 12.9. The van der Waals surface area contributed by atoms with E-state index in [2.05, 4.69) is 0 Å². The van der Waals surface area contributed by atoms with Crippen LogP contribution in [0.1, 0.15) is 52.1 Å². The van der Waals surface area contributed by atoms with Gasteiger partial charge >= 0.3 is 11.9 Å². The number of carbonyl (C=O) groups is 3. The third-order valence-electron chi connectivity index (χ3n) is 5.52. The van der Waals surface area contributed by atoms with Crippen LogP contribution in [0.2, 0.25) is 0 Å². The summed E-state index contributed by atoms with van der Waals surface area (Å²) in [6.45, 7) is 3.43. The molecule has 0 aliphatic carbocycles. The van der Waals surface area contributed by atoms with Gasteiger partial charge in [-0.25, -0.2) is 9.59 Å². The van der Waals surface area contributed by atoms with E-state index < -0.39 is 23.4 Å². The Hall–Kier alpha value is -4.39. The lowest BCUT2D eigenvalue weighted by molar-refractivity contribution is -0.270. The Labute approximate surface area is 195 Å². The molecule has 0 aromatic heterocycles. The molecule has 0 aliphatic rings. The van der Waals surface area contributed by atoms with Crippen LogP contribution in [0, 0.1) is 0 Å². The van der Waals surface area contributed by atoms with Crippen molar-refractivity contribution in [3.8, 4) is 11.5 Å². The number of carboxylic acids is 2. The van der Waals surface area contributed by atoms with Crippen molar-refractivity contribution in [3.63, 3.8) is 0 Å². The number of Topliss-reactive ketones (excluding diaryl/α,β-unsaturated/α-hetero) is 1. The van der Waals surface area contributed by atoms with Crippen molar-refractivity contribution < 1.29 is 34.8 Å². The fourth-order valence-corrected chi connectivity index (χ4v) is 3.65. The van der Waals surface area contributed by atoms with Crippen molar-refractivity contribution in [1.29, 1.82) is 0 Å². The molecular weight excluding hydrogens is 436 g/mol. The second kappa shape index (κ2) is 10.0. The van der Waals surface area contributed by atoms with E-state index in [4.69, 9.17) is 0 Å². The molecule has 0 fully saturated rings. The molecule has 0 heterocycles. The summed E-state index contributed by atoms with van der Waals surface area (Å²) >= 11 is 0. The summed E-state index contributed by atoms with van der Waals surface area (Å²) in [5, 5.41) is 46.8. The van der Waals surface area contributed by atoms with Gasteiger partial charge < -0.3 is 25.2 Å². The third-order valence-corrected chi connectivity index (χ3v) is 5.52. The smallest absolute Gasteiger partial charge is 0.335 e. The lowest BCUT2D eigenvalue weighted by Crippen LogP contribution is -2.11. The Bertz CT molecular complexity index is 1320. The summed E-state index contributed by atoms with van der Waals surface area (Å²) in [6, 6.07) is 16.3. The summed E-state index contributed by atoms with van der Waals surface area (Å²) < 4.78 is 0. The van der Waals surface area contributed by atoms with Gasteiger partial charge in [-0.05, 0) is 58.1 Å². The van der Waals surface area contributed by atoms with Crippen LogP contribution in [0.4, 0.5) is 0 Å². The average molecular weight is 458 g/mol. The molecule has 7 nitrogen and oxygen atoms in total. The first-order chi connectivity index (χ1) is 16.1. The van der Waals surface area contributed by atoms with Crippen molar-refractivity contribution in [2.75, 3.05) is 0 Å². The quantitative estimate of drug-likeness (QED) is 0.459. The summed E-state index contributed by atoms with van der Waals surface area (Å²) in [6.07, 6.45) is 0.501. The topological polar surface area (TPSA) is 138 Å². The maximum Gasteiger partial charge on any atom is 0.335 e. The first kappa shape index (κ1) is 24.3. The Morgan fingerprint density at radius 3 is 1.41 bits per heavy atom. The Kier molecular flexibility index (Phi) is 7.16. The minimum atomic E-state index is -1.35. The molecule has 0 saturated carbocycles. The lowest BCUT2D eigenvalue weighted by Gasteiger charge is -2.24. The molecule has 0 bridgehead atoms. The highest BCUT2D eigenvalue weighted by Gasteiger charge is 2.16. The van der Waals surface area contributed by atoms with Gasteiger partial charge in [0.25, 0.3) is 0 Å². The second-order valence-electron chi connectivity index (χ2n) is 7.75. The van der Waals surface area contributed by atoms with Gasteiger partial charge in [-0.15, -0.1) is 0 Å². The number of benzene rings is 4. The van der Waals surface area contributed by atoms with E-state index in [1.54, 1.807) is 55.5 Å². The molecule has 34 heavy (non-hydrogen) atoms. The molecule has 0 radical (unpaired) electrons. The largest absolute Gasteiger partial charge is 0.872 e. The Balaban J connectivity index is 0.000000588. The van der Waals surface area contributed by atoms with Crippen LogP contribution < -0.4 is 10.2 Å². The highest BCUT2D eigenvalue weighted by molar-refractivity contribution is 6.02. The van der Waals surface area contributed by atoms with Gasteiger partial charge in [0.15, 0.2) is 0 Å². The Morgan fingerprint density at radius 2 is 1.09 bits per heavy atom. The highest BCUT2D eigenvalue weighted by Crippen LogP contribution is 2.36. The number of hydrogen-bond donors (Lipinski definition) is 2. The normalized spacial score (nSPS) is 10.5. The van der Waals surface area contributed by atoms with E-state index in [1.807, 2.05) is 6.92 Å². The third kappa shape index (κ3) is 4.83. The van der Waals surface area contributed by atoms with Gasteiger partial charge in [0, 0.05) is 6.42 Å². The van der Waals surface area contributed by atoms with Crippen LogP contribution in [0.3, 0.4) is 0 Å². The van der Waals surface area contributed by atoms with E-state index in [9.17, 15) is 34.8 Å². The minimum absolute atomic E-state index is 0.158. The fraction of sp³-hybridized carbons (Fsp3) is 0.148. The number of hydrogen-bond acceptors (Lipinski definition) is 5. The molecule has 0 spiro atoms. The number of aromatic carboxylic acids is 2. The molecule has 174 valence electrons. The van der Waals surface area contributed by atoms with Crippen LogP contribution >= 0.6 is 0 Å². The van der Waals surface area contributed by atoms with E-state index in [0.29, 0.717) is 28.0 Å². The first-order valence-corrected chi connectivity index (χ1v) is 10.5. The summed E-state index contributed by atoms with van der Waals surface area (Å²) in [7, 11) is 0. The van der Waals surface area contributed by atoms with Gasteiger partial charge in [0.2, 0.25) is 0 Å². The number of carbonyl (C=O) groups excluding carboxylic acids is 1. The first-order valence-electron chi connectivity index (χ1n) is 10.5. The van der Waals surface area contributed by atoms with E-state index >= 15 is 0 Å². The van der Waals surface area contributed by atoms with E-state index in [1.165, 1.54) is 12.1 Å². The van der Waals surface area contributed by atoms with E-state index in [0.717, 1.165) is 0 Å². The zero-order valence-electron chi connectivity index (χ0n) is 18.6. The summed E-state index contributed by atoms with van der Waals surface area (Å²) in [5.74, 6) is -3.81. The van der Waals surface area contributed by atoms with Crippen molar-refractivity contribution in [1.82, 2.24) is 0 Å². The summed E-state index contributed by atoms with van der Waals surface area (Å²) in [4.78, 5) is 32.9. The highest BCUT2D eigenvalue weighted by atomic mass is 16.4. The lowest BCUT2D eigenvalue weighted by atomic mass is 9.90. The van der Waals surface area contributed by atoms with Crippen molar-refractivity contribution in [2.45, 2.75) is 26.7 Å². The second-order valence-corrected chi connectivity index (χ2v) is 7.75. The number of rotatable bonds is 5. The minimum Gasteiger partial charge on any atom is -0.872 e. The van der Waals surface area contributed by atoms with Crippen LogP contribution in [0.25, 0.3) is 21.5 Å². The molecule has 4 aromatic rings. The predicted octanol–water partition coefficient (Wildman–Crippen LogP) is 4.11. The molecule has 0 aliphatic heterocycles. The molecule has 7 heteroatoms. The molecular formula is C27H22O7-2. The standard InChI is InChI=1S/C23H16O6.C4H8O/c24-20-16(14-7-3-1-5-12(14)9-18(20)22(26)27)11-17-15-8-4-2-6-13(15)10-19(21(17)25)23(28)29;1-3-4(2)5/h1-10,24-25H,11H2,(H,26,27)(H,28,29);3H2,1-2H3/p-2. The molecule has 0 amide bonds. The van der Waals surface area contributed by atoms with Crippen molar-refractivity contribution in [3.05, 3.63) is 82.9 Å². The molecule has 0 unspecified atom stereocenters. The molecule has 4 rings (SSSR count). The monoisotopic (exact) mass is 458 g/mol. The predicted molar refractivity (Wildman–Crippen MR) is 124 cm³/mol. The SMILES string of the molecule is CCC(C)=O.O=C(O)c1cc2ccccc2c(Cc2c([O-])c(C(=O)O)cc3ccccc23)c1[O-]. The van der Waals surface area contributed by atoms with Crippen LogP contribution in [-0.4, -0.2) is 27.9 Å². The van der Waals surface area contributed by atoms with Crippen molar-refractivity contribution in [2.24, 2.45) is 0 Å². The van der Waals surface area contributed by atoms with Crippen molar-refractivity contribution >= 4 is 39.3 Å². The zero-order chi connectivity index (χ0) is 25.0. The van der Waals surface area contributed by atoms with Crippen LogP contribution in [0.5, 0.6) is 11.5 Å². The molecule has 0 atom stereocenters. The molecule has 2 N–H and O–H groups in total.